The molecular formula is C12H14Cl3NOS. The zero-order valence-electron chi connectivity index (χ0n) is 9.79. The highest BCUT2D eigenvalue weighted by atomic mass is 35.5. The van der Waals surface area contributed by atoms with Crippen molar-refractivity contribution >= 4 is 52.0 Å². The molecule has 1 aliphatic heterocycles. The maximum absolute atomic E-state index is 12.5. The van der Waals surface area contributed by atoms with Gasteiger partial charge in [-0.05, 0) is 31.7 Å². The average molecular weight is 327 g/mol. The van der Waals surface area contributed by atoms with Crippen LogP contribution in [0.15, 0.2) is 6.07 Å². The van der Waals surface area contributed by atoms with Crippen LogP contribution in [-0.4, -0.2) is 29.3 Å². The van der Waals surface area contributed by atoms with Crippen molar-refractivity contribution in [2.45, 2.75) is 31.7 Å². The van der Waals surface area contributed by atoms with Crippen LogP contribution in [-0.2, 0) is 0 Å². The molecule has 0 saturated carbocycles. The van der Waals surface area contributed by atoms with E-state index in [0.29, 0.717) is 20.1 Å². The molecule has 2 nitrogen and oxygen atoms in total. The molecule has 100 valence electrons. The Morgan fingerprint density at radius 2 is 2.22 bits per heavy atom. The highest BCUT2D eigenvalue weighted by Crippen LogP contribution is 2.33. The Bertz CT molecular complexity index is 433. The second kappa shape index (κ2) is 6.47. The number of carbonyl (C=O) groups excluding carboxylic acids is 1. The third-order valence-corrected chi connectivity index (χ3v) is 4.92. The van der Waals surface area contributed by atoms with Crippen LogP contribution in [0.1, 0.15) is 36.0 Å². The summed E-state index contributed by atoms with van der Waals surface area (Å²) in [5.74, 6) is 0.560. The minimum atomic E-state index is -0.0158. The minimum absolute atomic E-state index is 0.0158. The van der Waals surface area contributed by atoms with Gasteiger partial charge in [-0.15, -0.1) is 22.9 Å². The number of thiophene rings is 1. The zero-order chi connectivity index (χ0) is 13.1. The van der Waals surface area contributed by atoms with E-state index in [-0.39, 0.29) is 11.9 Å². The quantitative estimate of drug-likeness (QED) is 0.739. The predicted octanol–water partition coefficient (Wildman–Crippen LogP) is 4.68. The van der Waals surface area contributed by atoms with Crippen LogP contribution in [0.3, 0.4) is 0 Å². The number of amides is 1. The normalized spacial score (nSPS) is 20.2. The van der Waals surface area contributed by atoms with Crippen molar-refractivity contribution in [3.05, 3.63) is 20.3 Å². The van der Waals surface area contributed by atoms with Crippen molar-refractivity contribution in [1.82, 2.24) is 4.90 Å². The van der Waals surface area contributed by atoms with Gasteiger partial charge in [-0.1, -0.05) is 23.2 Å². The molecule has 1 unspecified atom stereocenters. The number of hydrogen-bond acceptors (Lipinski definition) is 2. The molecule has 0 bridgehead atoms. The summed E-state index contributed by atoms with van der Waals surface area (Å²) >= 11 is 19.0. The Labute approximate surface area is 126 Å². The molecule has 1 saturated heterocycles. The molecule has 1 aliphatic rings. The monoisotopic (exact) mass is 325 g/mol. The number of rotatable bonds is 3. The van der Waals surface area contributed by atoms with Crippen LogP contribution >= 0.6 is 46.1 Å². The van der Waals surface area contributed by atoms with Crippen LogP contribution in [0.25, 0.3) is 0 Å². The third-order valence-electron chi connectivity index (χ3n) is 3.22. The van der Waals surface area contributed by atoms with Crippen molar-refractivity contribution < 1.29 is 4.79 Å². The molecule has 0 radical (unpaired) electrons. The molecule has 0 spiro atoms. The lowest BCUT2D eigenvalue weighted by molar-refractivity contribution is 0.0610. The molecule has 1 atom stereocenters. The fourth-order valence-corrected chi connectivity index (χ4v) is 4.03. The van der Waals surface area contributed by atoms with E-state index in [9.17, 15) is 4.79 Å². The highest BCUT2D eigenvalue weighted by Gasteiger charge is 2.28. The summed E-state index contributed by atoms with van der Waals surface area (Å²) in [6.45, 7) is 0.782. The molecule has 0 aromatic carbocycles. The van der Waals surface area contributed by atoms with Crippen molar-refractivity contribution in [2.24, 2.45) is 0 Å². The van der Waals surface area contributed by atoms with Gasteiger partial charge in [-0.2, -0.15) is 0 Å². The van der Waals surface area contributed by atoms with E-state index in [0.717, 1.165) is 32.2 Å². The molecule has 2 rings (SSSR count). The lowest BCUT2D eigenvalue weighted by Crippen LogP contribution is -2.43. The van der Waals surface area contributed by atoms with Gasteiger partial charge >= 0.3 is 0 Å². The van der Waals surface area contributed by atoms with Gasteiger partial charge < -0.3 is 4.90 Å². The second-order valence-corrected chi connectivity index (χ2v) is 7.03. The minimum Gasteiger partial charge on any atom is -0.336 e. The molecule has 0 aliphatic carbocycles. The van der Waals surface area contributed by atoms with E-state index in [4.69, 9.17) is 34.8 Å². The molecule has 0 N–H and O–H groups in total. The lowest BCUT2D eigenvalue weighted by Gasteiger charge is -2.35. The maximum atomic E-state index is 12.5. The van der Waals surface area contributed by atoms with Gasteiger partial charge in [0.05, 0.1) is 9.90 Å². The van der Waals surface area contributed by atoms with E-state index >= 15 is 0 Å². The van der Waals surface area contributed by atoms with Crippen LogP contribution in [0.4, 0.5) is 0 Å². The Hall–Kier alpha value is 0.0400. The summed E-state index contributed by atoms with van der Waals surface area (Å²) in [5, 5.41) is 0. The predicted molar refractivity (Wildman–Crippen MR) is 78.4 cm³/mol. The number of halogens is 3. The van der Waals surface area contributed by atoms with Gasteiger partial charge in [-0.25, -0.2) is 0 Å². The number of carbonyl (C=O) groups is 1. The summed E-state index contributed by atoms with van der Waals surface area (Å²) in [6, 6.07) is 1.89. The Morgan fingerprint density at radius 3 is 2.83 bits per heavy atom. The number of nitrogens with zero attached hydrogens (tertiary/aromatic N) is 1. The van der Waals surface area contributed by atoms with Crippen molar-refractivity contribution in [2.75, 3.05) is 12.4 Å². The second-order valence-electron chi connectivity index (χ2n) is 4.36. The van der Waals surface area contributed by atoms with E-state index in [1.54, 1.807) is 6.07 Å². The van der Waals surface area contributed by atoms with E-state index in [2.05, 4.69) is 0 Å². The first-order valence-corrected chi connectivity index (χ1v) is 8.06. The summed E-state index contributed by atoms with van der Waals surface area (Å²) in [7, 11) is 0. The van der Waals surface area contributed by atoms with Crippen LogP contribution < -0.4 is 0 Å². The first kappa shape index (κ1) is 14.4. The summed E-state index contributed by atoms with van der Waals surface area (Å²) in [5.41, 5.74) is 0.521. The van der Waals surface area contributed by atoms with Crippen molar-refractivity contribution in [3.8, 4) is 0 Å². The SMILES string of the molecule is O=C(c1cc(Cl)sc1Cl)N1CCCCC1CCCl. The van der Waals surface area contributed by atoms with Gasteiger partial charge in [0.1, 0.15) is 4.34 Å². The largest absolute Gasteiger partial charge is 0.336 e. The van der Waals surface area contributed by atoms with Crippen molar-refractivity contribution in [1.29, 1.82) is 0 Å². The Morgan fingerprint density at radius 1 is 1.44 bits per heavy atom. The van der Waals surface area contributed by atoms with Gasteiger partial charge in [0.2, 0.25) is 0 Å². The lowest BCUT2D eigenvalue weighted by atomic mass is 9.99. The molecule has 1 amide bonds. The van der Waals surface area contributed by atoms with E-state index in [1.165, 1.54) is 11.3 Å². The Kier molecular flexibility index (Phi) is 5.19. The number of piperidine rings is 1. The number of likely N-dealkylation sites (tertiary alicyclic amines) is 1. The highest BCUT2D eigenvalue weighted by molar-refractivity contribution is 7.20. The fraction of sp³-hybridized carbons (Fsp3) is 0.583. The summed E-state index contributed by atoms with van der Waals surface area (Å²) in [4.78, 5) is 14.4. The van der Waals surface area contributed by atoms with E-state index in [1.807, 2.05) is 4.90 Å². The third kappa shape index (κ3) is 3.13. The fourth-order valence-electron chi connectivity index (χ4n) is 2.33. The smallest absolute Gasteiger partial charge is 0.256 e. The molecule has 2 heterocycles. The molecule has 1 aromatic rings. The van der Waals surface area contributed by atoms with Gasteiger partial charge in [0, 0.05) is 18.5 Å². The first-order valence-electron chi connectivity index (χ1n) is 5.95. The summed E-state index contributed by atoms with van der Waals surface area (Å²) in [6.07, 6.45) is 4.06. The van der Waals surface area contributed by atoms with Gasteiger partial charge in [-0.3, -0.25) is 4.79 Å². The van der Waals surface area contributed by atoms with Gasteiger partial charge in [0.15, 0.2) is 0 Å². The zero-order valence-corrected chi connectivity index (χ0v) is 12.9. The molecular weight excluding hydrogens is 313 g/mol. The van der Waals surface area contributed by atoms with Gasteiger partial charge in [0.25, 0.3) is 5.91 Å². The number of alkyl halides is 1. The Balaban J connectivity index is 2.18. The molecule has 1 fully saturated rings. The summed E-state index contributed by atoms with van der Waals surface area (Å²) < 4.78 is 1.02. The average Bonchev–Trinajstić information content (AvgIpc) is 2.69. The molecule has 18 heavy (non-hydrogen) atoms. The van der Waals surface area contributed by atoms with Crippen molar-refractivity contribution in [3.63, 3.8) is 0 Å². The van der Waals surface area contributed by atoms with Crippen LogP contribution in [0.5, 0.6) is 0 Å². The van der Waals surface area contributed by atoms with Crippen LogP contribution in [0, 0.1) is 0 Å². The standard InChI is InChI=1S/C12H14Cl3NOS/c13-5-4-8-3-1-2-6-16(8)12(17)9-7-10(14)18-11(9)15/h7-8H,1-6H2. The number of hydrogen-bond donors (Lipinski definition) is 0. The van der Waals surface area contributed by atoms with Crippen LogP contribution in [0.2, 0.25) is 8.67 Å². The first-order chi connectivity index (χ1) is 8.63. The maximum Gasteiger partial charge on any atom is 0.256 e. The molecule has 6 heteroatoms. The molecule has 1 aromatic heterocycles. The van der Waals surface area contributed by atoms with E-state index < -0.39 is 0 Å². The topological polar surface area (TPSA) is 20.3 Å².